The molecule has 37 heavy (non-hydrogen) atoms. The van der Waals surface area contributed by atoms with Crippen molar-refractivity contribution in [3.05, 3.63) is 81.6 Å². The van der Waals surface area contributed by atoms with Crippen LogP contribution >= 0.6 is 11.5 Å². The molecule has 0 aliphatic heterocycles. The number of nitrogens with zero attached hydrogens (tertiary/aromatic N) is 2. The number of aryl methyl sites for hydroxylation is 1. The highest BCUT2D eigenvalue weighted by Crippen LogP contribution is 2.30. The Bertz CT molecular complexity index is 1290. The maximum atomic E-state index is 13.9. The zero-order chi connectivity index (χ0) is 26.5. The van der Waals surface area contributed by atoms with Crippen molar-refractivity contribution in [1.29, 1.82) is 0 Å². The molecule has 1 aliphatic rings. The van der Waals surface area contributed by atoms with Crippen molar-refractivity contribution in [3.63, 3.8) is 0 Å². The van der Waals surface area contributed by atoms with Gasteiger partial charge in [0, 0.05) is 12.6 Å². The molecule has 1 fully saturated rings. The molecule has 1 atom stereocenters. The Hall–Kier alpha value is -3.79. The van der Waals surface area contributed by atoms with Gasteiger partial charge in [0.15, 0.2) is 5.69 Å². The quantitative estimate of drug-likeness (QED) is 0.393. The molecule has 1 aromatic heterocycles. The minimum atomic E-state index is -1.05. The minimum absolute atomic E-state index is 0.0127. The van der Waals surface area contributed by atoms with Gasteiger partial charge in [0.1, 0.15) is 16.7 Å². The SMILES string of the molecule is Cc1ccccc1CCN(C(=O)c1snc(C(N)=O)c1N)[C@@H](C(=O)NC1CCCC1)c1ccc(F)cc1. The van der Waals surface area contributed by atoms with Gasteiger partial charge in [-0.3, -0.25) is 14.4 Å². The second-order valence-corrected chi connectivity index (χ2v) is 10.0. The summed E-state index contributed by atoms with van der Waals surface area (Å²) in [5.41, 5.74) is 13.7. The van der Waals surface area contributed by atoms with Gasteiger partial charge in [-0.2, -0.15) is 4.37 Å². The maximum absolute atomic E-state index is 13.9. The fourth-order valence-corrected chi connectivity index (χ4v) is 5.47. The Labute approximate surface area is 219 Å². The second kappa shape index (κ2) is 11.5. The predicted octanol–water partition coefficient (Wildman–Crippen LogP) is 3.76. The summed E-state index contributed by atoms with van der Waals surface area (Å²) in [6, 6.07) is 12.3. The van der Waals surface area contributed by atoms with Crippen LogP contribution in [-0.2, 0) is 11.2 Å². The maximum Gasteiger partial charge on any atom is 0.270 e. The molecule has 0 bridgehead atoms. The van der Waals surface area contributed by atoms with Crippen molar-refractivity contribution in [2.24, 2.45) is 5.73 Å². The molecular formula is C27H30FN5O3S. The molecule has 4 rings (SSSR count). The second-order valence-electron chi connectivity index (χ2n) is 9.26. The lowest BCUT2D eigenvalue weighted by molar-refractivity contribution is -0.126. The van der Waals surface area contributed by atoms with E-state index in [1.807, 2.05) is 31.2 Å². The van der Waals surface area contributed by atoms with Crippen LogP contribution < -0.4 is 16.8 Å². The van der Waals surface area contributed by atoms with Gasteiger partial charge in [-0.1, -0.05) is 49.2 Å². The van der Waals surface area contributed by atoms with E-state index in [-0.39, 0.29) is 34.8 Å². The predicted molar refractivity (Wildman–Crippen MR) is 141 cm³/mol. The highest BCUT2D eigenvalue weighted by atomic mass is 32.1. The van der Waals surface area contributed by atoms with E-state index < -0.39 is 23.7 Å². The lowest BCUT2D eigenvalue weighted by Gasteiger charge is -2.32. The summed E-state index contributed by atoms with van der Waals surface area (Å²) in [5.74, 6) is -2.19. The largest absolute Gasteiger partial charge is 0.395 e. The van der Waals surface area contributed by atoms with E-state index in [2.05, 4.69) is 9.69 Å². The van der Waals surface area contributed by atoms with Crippen LogP contribution in [-0.4, -0.2) is 39.6 Å². The summed E-state index contributed by atoms with van der Waals surface area (Å²) in [5, 5.41) is 3.08. The highest BCUT2D eigenvalue weighted by molar-refractivity contribution is 7.09. The van der Waals surface area contributed by atoms with E-state index in [1.165, 1.54) is 29.2 Å². The molecule has 10 heteroatoms. The minimum Gasteiger partial charge on any atom is -0.395 e. The monoisotopic (exact) mass is 523 g/mol. The van der Waals surface area contributed by atoms with Crippen molar-refractivity contribution in [2.75, 3.05) is 12.3 Å². The first-order chi connectivity index (χ1) is 17.8. The highest BCUT2D eigenvalue weighted by Gasteiger charge is 2.35. The third-order valence-corrected chi connectivity index (χ3v) is 7.60. The molecule has 3 amide bonds. The van der Waals surface area contributed by atoms with E-state index >= 15 is 0 Å². The van der Waals surface area contributed by atoms with Crippen LogP contribution in [0.15, 0.2) is 48.5 Å². The van der Waals surface area contributed by atoms with Gasteiger partial charge in [-0.15, -0.1) is 0 Å². The zero-order valence-electron chi connectivity index (χ0n) is 20.6. The number of rotatable bonds is 9. The number of amides is 3. The van der Waals surface area contributed by atoms with Crippen LogP contribution in [0.5, 0.6) is 0 Å². The average Bonchev–Trinajstić information content (AvgIpc) is 3.52. The Morgan fingerprint density at radius 3 is 2.43 bits per heavy atom. The summed E-state index contributed by atoms with van der Waals surface area (Å²) in [7, 11) is 0. The van der Waals surface area contributed by atoms with Crippen LogP contribution in [0.1, 0.15) is 68.6 Å². The topological polar surface area (TPSA) is 131 Å². The molecule has 2 aromatic carbocycles. The first-order valence-electron chi connectivity index (χ1n) is 12.2. The number of carbonyl (C=O) groups excluding carboxylic acids is 3. The number of hydrogen-bond donors (Lipinski definition) is 3. The van der Waals surface area contributed by atoms with Gasteiger partial charge in [0.05, 0.1) is 5.69 Å². The number of carbonyl (C=O) groups is 3. The average molecular weight is 524 g/mol. The van der Waals surface area contributed by atoms with Gasteiger partial charge >= 0.3 is 0 Å². The molecule has 0 unspecified atom stereocenters. The fourth-order valence-electron chi connectivity index (χ4n) is 4.71. The molecule has 1 heterocycles. The van der Waals surface area contributed by atoms with Crippen molar-refractivity contribution in [2.45, 2.75) is 51.1 Å². The number of benzene rings is 2. The summed E-state index contributed by atoms with van der Waals surface area (Å²) < 4.78 is 17.8. The van der Waals surface area contributed by atoms with Gasteiger partial charge < -0.3 is 21.7 Å². The zero-order valence-corrected chi connectivity index (χ0v) is 21.4. The number of nitrogen functional groups attached to an aromatic ring is 1. The smallest absolute Gasteiger partial charge is 0.270 e. The van der Waals surface area contributed by atoms with Gasteiger partial charge in [0.2, 0.25) is 5.91 Å². The molecule has 3 aromatic rings. The number of halogens is 1. The number of primary amides is 1. The molecular weight excluding hydrogens is 493 g/mol. The van der Waals surface area contributed by atoms with Crippen molar-refractivity contribution in [1.82, 2.24) is 14.6 Å². The Kier molecular flexibility index (Phi) is 8.17. The molecule has 194 valence electrons. The Morgan fingerprint density at radius 1 is 1.14 bits per heavy atom. The molecule has 8 nitrogen and oxygen atoms in total. The summed E-state index contributed by atoms with van der Waals surface area (Å²) in [6.45, 7) is 2.15. The molecule has 0 spiro atoms. The third kappa shape index (κ3) is 5.96. The number of hydrogen-bond acceptors (Lipinski definition) is 6. The van der Waals surface area contributed by atoms with Crippen molar-refractivity contribution >= 4 is 34.9 Å². The summed E-state index contributed by atoms with van der Waals surface area (Å²) in [6.07, 6.45) is 4.24. The Balaban J connectivity index is 1.75. The van der Waals surface area contributed by atoms with Crippen LogP contribution in [0.2, 0.25) is 0 Å². The molecule has 0 saturated heterocycles. The molecule has 1 saturated carbocycles. The number of nitrogens with two attached hydrogens (primary N) is 2. The van der Waals surface area contributed by atoms with Gasteiger partial charge in [-0.25, -0.2) is 4.39 Å². The number of nitrogens with one attached hydrogen (secondary N) is 1. The van der Waals surface area contributed by atoms with Crippen LogP contribution in [0.4, 0.5) is 10.1 Å². The first kappa shape index (κ1) is 26.3. The fraction of sp³-hybridized carbons (Fsp3) is 0.333. The number of anilines is 1. The van der Waals surface area contributed by atoms with Crippen LogP contribution in [0.25, 0.3) is 0 Å². The molecule has 0 radical (unpaired) electrons. The van der Waals surface area contributed by atoms with Gasteiger partial charge in [-0.05, 0) is 66.5 Å². The Morgan fingerprint density at radius 2 is 1.81 bits per heavy atom. The van der Waals surface area contributed by atoms with Crippen LogP contribution in [0, 0.1) is 12.7 Å². The van der Waals surface area contributed by atoms with E-state index in [0.29, 0.717) is 12.0 Å². The molecule has 5 N–H and O–H groups in total. The van der Waals surface area contributed by atoms with Crippen molar-refractivity contribution in [3.8, 4) is 0 Å². The van der Waals surface area contributed by atoms with E-state index in [0.717, 1.165) is 48.3 Å². The summed E-state index contributed by atoms with van der Waals surface area (Å²) in [4.78, 5) is 40.8. The lowest BCUT2D eigenvalue weighted by atomic mass is 10.0. The van der Waals surface area contributed by atoms with E-state index in [4.69, 9.17) is 11.5 Å². The van der Waals surface area contributed by atoms with E-state index in [9.17, 15) is 18.8 Å². The van der Waals surface area contributed by atoms with Crippen molar-refractivity contribution < 1.29 is 18.8 Å². The normalized spacial score (nSPS) is 14.3. The number of aromatic nitrogens is 1. The van der Waals surface area contributed by atoms with Crippen LogP contribution in [0.3, 0.4) is 0 Å². The standard InChI is InChI=1S/C27H30FN5O3S/c1-16-6-2-3-7-17(16)14-15-33(27(36)24-21(29)22(25(30)34)32-37-24)23(18-10-12-19(28)13-11-18)26(35)31-20-8-4-5-9-20/h2-3,6-7,10-13,20,23H,4-5,8-9,14-15,29H2,1H3,(H2,30,34)(H,31,35)/t23-/m1/s1. The van der Waals surface area contributed by atoms with E-state index in [1.54, 1.807) is 0 Å². The molecule has 1 aliphatic carbocycles. The summed E-state index contributed by atoms with van der Waals surface area (Å²) >= 11 is 0.767. The van der Waals surface area contributed by atoms with Gasteiger partial charge in [0.25, 0.3) is 11.8 Å². The third-order valence-electron chi connectivity index (χ3n) is 6.75. The first-order valence-corrected chi connectivity index (χ1v) is 13.0. The lowest BCUT2D eigenvalue weighted by Crippen LogP contribution is -2.46.